The number of hydrogen-bond acceptors (Lipinski definition) is 2. The molecule has 2 nitrogen and oxygen atoms in total. The van der Waals surface area contributed by atoms with Gasteiger partial charge in [0.25, 0.3) is 0 Å². The van der Waals surface area contributed by atoms with Gasteiger partial charge in [-0.15, -0.1) is 6.58 Å². The van der Waals surface area contributed by atoms with E-state index in [1.165, 1.54) is 18.9 Å². The lowest BCUT2D eigenvalue weighted by molar-refractivity contribution is 0.109. The van der Waals surface area contributed by atoms with E-state index in [1.54, 1.807) is 0 Å². The second-order valence-corrected chi connectivity index (χ2v) is 22.4. The summed E-state index contributed by atoms with van der Waals surface area (Å²) in [6.07, 6.45) is 4.74. The lowest BCUT2D eigenvalue weighted by Gasteiger charge is -2.48. The standard InChI is InChI=1S/C19H44O2Si3/c1-12-16-17-22(6,7)18(13-2)20-24(10,11)19(5,14-3)21-23(8,9)15-4/h15,18H,4,12-14,16-17H2,1-3,5-11H3. The van der Waals surface area contributed by atoms with Crippen molar-refractivity contribution >= 4 is 24.7 Å². The molecule has 0 saturated heterocycles. The Morgan fingerprint density at radius 1 is 1.04 bits per heavy atom. The highest BCUT2D eigenvalue weighted by Crippen LogP contribution is 2.36. The summed E-state index contributed by atoms with van der Waals surface area (Å²) in [5, 5.41) is -0.153. The topological polar surface area (TPSA) is 18.5 Å². The molecule has 0 aliphatic carbocycles. The molecule has 5 heteroatoms. The van der Waals surface area contributed by atoms with Crippen molar-refractivity contribution in [2.75, 3.05) is 0 Å². The minimum atomic E-state index is -2.02. The Morgan fingerprint density at radius 3 is 1.96 bits per heavy atom. The molecule has 2 unspecified atom stereocenters. The second-order valence-electron chi connectivity index (χ2n) is 9.11. The maximum atomic E-state index is 6.96. The first-order valence-electron chi connectivity index (χ1n) is 9.82. The summed E-state index contributed by atoms with van der Waals surface area (Å²) in [5.74, 6) is 0. The maximum absolute atomic E-state index is 6.96. The van der Waals surface area contributed by atoms with Gasteiger partial charge in [-0.1, -0.05) is 58.5 Å². The SMILES string of the molecule is C=C[Si](C)(C)OC(C)(CC)[Si](C)(C)OC(CC)[Si](C)(C)CCCC. The molecule has 0 amide bonds. The minimum Gasteiger partial charge on any atom is -0.415 e. The van der Waals surface area contributed by atoms with E-state index in [1.807, 2.05) is 5.70 Å². The Morgan fingerprint density at radius 2 is 1.58 bits per heavy atom. The Labute approximate surface area is 155 Å². The third-order valence-electron chi connectivity index (χ3n) is 5.78. The van der Waals surface area contributed by atoms with E-state index in [9.17, 15) is 0 Å². The third kappa shape index (κ3) is 6.56. The van der Waals surface area contributed by atoms with Crippen molar-refractivity contribution in [3.63, 3.8) is 0 Å². The number of unbranched alkanes of at least 4 members (excludes halogenated alkanes) is 1. The van der Waals surface area contributed by atoms with E-state index in [0.29, 0.717) is 5.73 Å². The van der Waals surface area contributed by atoms with E-state index in [-0.39, 0.29) is 5.22 Å². The van der Waals surface area contributed by atoms with Gasteiger partial charge in [0, 0.05) is 5.73 Å². The first-order chi connectivity index (χ1) is 10.8. The first-order valence-corrected chi connectivity index (χ1v) is 19.0. The molecule has 0 N–H and O–H groups in total. The van der Waals surface area contributed by atoms with Gasteiger partial charge in [-0.25, -0.2) is 0 Å². The Bertz CT molecular complexity index is 394. The van der Waals surface area contributed by atoms with Gasteiger partial charge >= 0.3 is 0 Å². The van der Waals surface area contributed by atoms with Crippen LogP contribution in [0, 0.1) is 0 Å². The molecule has 0 aromatic heterocycles. The van der Waals surface area contributed by atoms with Crippen molar-refractivity contribution in [3.05, 3.63) is 12.3 Å². The van der Waals surface area contributed by atoms with Gasteiger partial charge in [0.2, 0.25) is 16.6 Å². The zero-order valence-corrected chi connectivity index (χ0v) is 21.2. The van der Waals surface area contributed by atoms with Crippen LogP contribution in [0.1, 0.15) is 53.4 Å². The summed E-state index contributed by atoms with van der Waals surface area (Å²) in [7, 11) is -5.23. The van der Waals surface area contributed by atoms with Crippen LogP contribution in [-0.2, 0) is 8.85 Å². The number of rotatable bonds is 12. The van der Waals surface area contributed by atoms with Crippen molar-refractivity contribution in [1.29, 1.82) is 0 Å². The van der Waals surface area contributed by atoms with Crippen LogP contribution in [0.25, 0.3) is 0 Å². The molecule has 24 heavy (non-hydrogen) atoms. The second kappa shape index (κ2) is 9.31. The minimum absolute atomic E-state index is 0.153. The molecule has 0 saturated carbocycles. The fourth-order valence-electron chi connectivity index (χ4n) is 3.31. The van der Waals surface area contributed by atoms with Crippen LogP contribution >= 0.6 is 0 Å². The third-order valence-corrected chi connectivity index (χ3v) is 16.0. The lowest BCUT2D eigenvalue weighted by atomic mass is 10.3. The highest BCUT2D eigenvalue weighted by Gasteiger charge is 2.49. The van der Waals surface area contributed by atoms with Gasteiger partial charge in [-0.3, -0.25) is 0 Å². The predicted molar refractivity (Wildman–Crippen MR) is 117 cm³/mol. The number of hydrogen-bond donors (Lipinski definition) is 0. The Balaban J connectivity index is 5.40. The van der Waals surface area contributed by atoms with Gasteiger partial charge in [0.15, 0.2) is 0 Å². The Kier molecular flexibility index (Phi) is 9.43. The molecule has 0 aromatic rings. The predicted octanol–water partition coefficient (Wildman–Crippen LogP) is 6.69. The zero-order valence-electron chi connectivity index (χ0n) is 18.2. The molecule has 0 aliphatic heterocycles. The van der Waals surface area contributed by atoms with E-state index >= 15 is 0 Å². The molecule has 0 rings (SSSR count). The summed E-state index contributed by atoms with van der Waals surface area (Å²) >= 11 is 0. The van der Waals surface area contributed by atoms with E-state index in [0.717, 1.165) is 12.8 Å². The molecule has 144 valence electrons. The van der Waals surface area contributed by atoms with Gasteiger partial charge < -0.3 is 8.85 Å². The molecule has 0 spiro atoms. The molecule has 0 bridgehead atoms. The van der Waals surface area contributed by atoms with Crippen molar-refractivity contribution in [2.45, 2.75) is 110 Å². The fraction of sp³-hybridized carbons (Fsp3) is 0.895. The van der Waals surface area contributed by atoms with Crippen molar-refractivity contribution in [3.8, 4) is 0 Å². The van der Waals surface area contributed by atoms with Crippen molar-refractivity contribution < 1.29 is 8.85 Å². The quantitative estimate of drug-likeness (QED) is 0.347. The van der Waals surface area contributed by atoms with Gasteiger partial charge in [-0.2, -0.15) is 0 Å². The summed E-state index contributed by atoms with van der Waals surface area (Å²) in [6, 6.07) is 1.36. The monoisotopic (exact) mass is 388 g/mol. The summed E-state index contributed by atoms with van der Waals surface area (Å²) < 4.78 is 13.7. The fourth-order valence-corrected chi connectivity index (χ4v) is 13.3. The van der Waals surface area contributed by atoms with Crippen molar-refractivity contribution in [1.82, 2.24) is 0 Å². The van der Waals surface area contributed by atoms with Crippen LogP contribution < -0.4 is 0 Å². The largest absolute Gasteiger partial charge is 0.415 e. The molecule has 2 atom stereocenters. The maximum Gasteiger partial charge on any atom is 0.216 e. The van der Waals surface area contributed by atoms with Crippen LogP contribution in [0.15, 0.2) is 12.3 Å². The van der Waals surface area contributed by atoms with Gasteiger partial charge in [-0.05, 0) is 46.0 Å². The average Bonchev–Trinajstić information content (AvgIpc) is 2.49. The van der Waals surface area contributed by atoms with Crippen LogP contribution in [0.4, 0.5) is 0 Å². The molecule has 0 radical (unpaired) electrons. The molecule has 0 fully saturated rings. The van der Waals surface area contributed by atoms with Crippen LogP contribution in [-0.4, -0.2) is 35.7 Å². The highest BCUT2D eigenvalue weighted by atomic mass is 28.4. The average molecular weight is 389 g/mol. The van der Waals surface area contributed by atoms with Crippen LogP contribution in [0.5, 0.6) is 0 Å². The van der Waals surface area contributed by atoms with E-state index in [2.05, 4.69) is 73.6 Å². The summed E-state index contributed by atoms with van der Waals surface area (Å²) in [4.78, 5) is 0. The molecular formula is C19H44O2Si3. The van der Waals surface area contributed by atoms with E-state index in [4.69, 9.17) is 8.85 Å². The normalized spacial score (nSPS) is 17.4. The molecular weight excluding hydrogens is 344 g/mol. The summed E-state index contributed by atoms with van der Waals surface area (Å²) in [5.41, 5.74) is 2.48. The molecule has 0 aliphatic rings. The summed E-state index contributed by atoms with van der Waals surface area (Å²) in [6.45, 7) is 27.3. The molecule has 0 aromatic carbocycles. The first kappa shape index (κ1) is 24.3. The Hall–Kier alpha value is 0.311. The molecule has 0 heterocycles. The van der Waals surface area contributed by atoms with Gasteiger partial charge in [0.05, 0.1) is 13.3 Å². The smallest absolute Gasteiger partial charge is 0.216 e. The highest BCUT2D eigenvalue weighted by molar-refractivity contribution is 6.82. The van der Waals surface area contributed by atoms with Crippen LogP contribution in [0.3, 0.4) is 0 Å². The van der Waals surface area contributed by atoms with E-state index < -0.39 is 24.7 Å². The zero-order chi connectivity index (χ0) is 19.2. The van der Waals surface area contributed by atoms with Crippen molar-refractivity contribution in [2.24, 2.45) is 0 Å². The van der Waals surface area contributed by atoms with Crippen LogP contribution in [0.2, 0.25) is 45.3 Å². The van der Waals surface area contributed by atoms with Gasteiger partial charge in [0.1, 0.15) is 0 Å². The lowest BCUT2D eigenvalue weighted by Crippen LogP contribution is -2.63.